The molecule has 1 saturated heterocycles. The highest BCUT2D eigenvalue weighted by Gasteiger charge is 2.27. The number of hydrogen-bond acceptors (Lipinski definition) is 4. The van der Waals surface area contributed by atoms with Gasteiger partial charge in [-0.25, -0.2) is 4.72 Å². The van der Waals surface area contributed by atoms with Crippen LogP contribution in [0.4, 0.5) is 0 Å². The number of nitrogens with one attached hydrogen (secondary N) is 2. The van der Waals surface area contributed by atoms with Gasteiger partial charge in [0.2, 0.25) is 0 Å². The fraction of sp³-hybridized carbons (Fsp3) is 1.00. The summed E-state index contributed by atoms with van der Waals surface area (Å²) in [5.41, 5.74) is 0. The Morgan fingerprint density at radius 3 is 2.59 bits per heavy atom. The Morgan fingerprint density at radius 2 is 2.00 bits per heavy atom. The van der Waals surface area contributed by atoms with Crippen molar-refractivity contribution in [2.24, 2.45) is 0 Å². The van der Waals surface area contributed by atoms with E-state index in [1.54, 1.807) is 0 Å². The van der Waals surface area contributed by atoms with Gasteiger partial charge < -0.3 is 10.2 Å². The van der Waals surface area contributed by atoms with Crippen LogP contribution in [0.2, 0.25) is 0 Å². The standard InChI is InChI=1S/C10H22N4O2S/c1-13(10-2-3-10)7-6-12-17(15,16)14-8-4-11-5-9-14/h10-12H,2-9H2,1H3. The van der Waals surface area contributed by atoms with E-state index in [4.69, 9.17) is 0 Å². The first-order valence-corrected chi connectivity index (χ1v) is 7.69. The summed E-state index contributed by atoms with van der Waals surface area (Å²) >= 11 is 0. The largest absolute Gasteiger partial charge is 0.314 e. The lowest BCUT2D eigenvalue weighted by Crippen LogP contribution is -2.51. The molecule has 2 N–H and O–H groups in total. The van der Waals surface area contributed by atoms with E-state index in [0.717, 1.165) is 19.6 Å². The molecule has 1 aliphatic heterocycles. The lowest BCUT2D eigenvalue weighted by Gasteiger charge is -2.27. The van der Waals surface area contributed by atoms with E-state index in [-0.39, 0.29) is 0 Å². The molecular formula is C10H22N4O2S. The van der Waals surface area contributed by atoms with Crippen molar-refractivity contribution in [3.63, 3.8) is 0 Å². The first-order valence-electron chi connectivity index (χ1n) is 6.25. The summed E-state index contributed by atoms with van der Waals surface area (Å²) in [6, 6.07) is 0.679. The average molecular weight is 262 g/mol. The van der Waals surface area contributed by atoms with Crippen LogP contribution < -0.4 is 10.0 Å². The minimum absolute atomic E-state index is 0.499. The summed E-state index contributed by atoms with van der Waals surface area (Å²) in [7, 11) is -1.22. The summed E-state index contributed by atoms with van der Waals surface area (Å²) in [5.74, 6) is 0. The zero-order valence-electron chi connectivity index (χ0n) is 10.4. The monoisotopic (exact) mass is 262 g/mol. The maximum absolute atomic E-state index is 11.9. The summed E-state index contributed by atoms with van der Waals surface area (Å²) in [5, 5.41) is 3.14. The Hall–Kier alpha value is -0.210. The molecule has 1 aliphatic carbocycles. The first kappa shape index (κ1) is 13.2. The van der Waals surface area contributed by atoms with Crippen molar-refractivity contribution in [2.75, 3.05) is 46.3 Å². The van der Waals surface area contributed by atoms with E-state index in [2.05, 4.69) is 22.0 Å². The molecule has 1 heterocycles. The predicted molar refractivity (Wildman–Crippen MR) is 67.0 cm³/mol. The molecule has 0 aromatic carbocycles. The van der Waals surface area contributed by atoms with Crippen LogP contribution in [0.3, 0.4) is 0 Å². The molecule has 0 bridgehead atoms. The van der Waals surface area contributed by atoms with Gasteiger partial charge >= 0.3 is 0 Å². The predicted octanol–water partition coefficient (Wildman–Crippen LogP) is -1.18. The summed E-state index contributed by atoms with van der Waals surface area (Å²) in [6.07, 6.45) is 2.50. The molecule has 2 aliphatic rings. The van der Waals surface area contributed by atoms with Crippen molar-refractivity contribution in [3.8, 4) is 0 Å². The van der Waals surface area contributed by atoms with Gasteiger partial charge in [0.25, 0.3) is 10.2 Å². The molecule has 0 atom stereocenters. The Kier molecular flexibility index (Phi) is 4.37. The Labute approximate surface area is 104 Å². The van der Waals surface area contributed by atoms with E-state index in [9.17, 15) is 8.42 Å². The second-order valence-corrected chi connectivity index (χ2v) is 6.52. The molecule has 0 unspecified atom stereocenters. The summed E-state index contributed by atoms with van der Waals surface area (Å²) in [6.45, 7) is 3.89. The minimum Gasteiger partial charge on any atom is -0.314 e. The highest BCUT2D eigenvalue weighted by atomic mass is 32.2. The quantitative estimate of drug-likeness (QED) is 0.632. The van der Waals surface area contributed by atoms with E-state index >= 15 is 0 Å². The molecule has 0 spiro atoms. The second-order valence-electron chi connectivity index (χ2n) is 4.76. The second kappa shape index (κ2) is 5.62. The Balaban J connectivity index is 1.72. The van der Waals surface area contributed by atoms with Gasteiger partial charge in [-0.05, 0) is 19.9 Å². The highest BCUT2D eigenvalue weighted by molar-refractivity contribution is 7.87. The van der Waals surface area contributed by atoms with Crippen LogP contribution in [0.25, 0.3) is 0 Å². The minimum atomic E-state index is -3.27. The third-order valence-electron chi connectivity index (χ3n) is 3.34. The number of piperazine rings is 1. The van der Waals surface area contributed by atoms with Crippen molar-refractivity contribution in [1.29, 1.82) is 0 Å². The molecule has 7 heteroatoms. The van der Waals surface area contributed by atoms with Crippen LogP contribution in [0, 0.1) is 0 Å². The number of hydrogen-bond donors (Lipinski definition) is 2. The molecule has 17 heavy (non-hydrogen) atoms. The molecule has 2 rings (SSSR count). The molecule has 0 amide bonds. The van der Waals surface area contributed by atoms with Crippen molar-refractivity contribution in [2.45, 2.75) is 18.9 Å². The van der Waals surface area contributed by atoms with E-state index in [1.165, 1.54) is 17.1 Å². The smallest absolute Gasteiger partial charge is 0.279 e. The molecule has 100 valence electrons. The van der Waals surface area contributed by atoms with Crippen LogP contribution in [-0.4, -0.2) is 70.0 Å². The molecule has 2 fully saturated rings. The van der Waals surface area contributed by atoms with Gasteiger partial charge in [0.15, 0.2) is 0 Å². The number of rotatable bonds is 6. The maximum atomic E-state index is 11.9. The van der Waals surface area contributed by atoms with E-state index < -0.39 is 10.2 Å². The molecule has 0 radical (unpaired) electrons. The van der Waals surface area contributed by atoms with Crippen molar-refractivity contribution in [1.82, 2.24) is 19.2 Å². The van der Waals surface area contributed by atoms with Crippen LogP contribution in [-0.2, 0) is 10.2 Å². The maximum Gasteiger partial charge on any atom is 0.279 e. The molecule has 0 aromatic heterocycles. The molecule has 6 nitrogen and oxygen atoms in total. The highest BCUT2D eigenvalue weighted by Crippen LogP contribution is 2.24. The third kappa shape index (κ3) is 3.89. The lowest BCUT2D eigenvalue weighted by molar-refractivity contribution is 0.322. The summed E-state index contributed by atoms with van der Waals surface area (Å²) in [4.78, 5) is 2.22. The molecule has 0 aromatic rings. The third-order valence-corrected chi connectivity index (χ3v) is 4.95. The van der Waals surface area contributed by atoms with Crippen molar-refractivity contribution >= 4 is 10.2 Å². The number of nitrogens with zero attached hydrogens (tertiary/aromatic N) is 2. The van der Waals surface area contributed by atoms with E-state index in [0.29, 0.717) is 25.7 Å². The Morgan fingerprint density at radius 1 is 1.35 bits per heavy atom. The van der Waals surface area contributed by atoms with Crippen LogP contribution in [0.5, 0.6) is 0 Å². The van der Waals surface area contributed by atoms with Gasteiger partial charge in [-0.2, -0.15) is 12.7 Å². The van der Waals surface area contributed by atoms with Crippen LogP contribution in [0.15, 0.2) is 0 Å². The van der Waals surface area contributed by atoms with Crippen LogP contribution >= 0.6 is 0 Å². The van der Waals surface area contributed by atoms with Gasteiger partial charge in [-0.15, -0.1) is 0 Å². The normalized spacial score (nSPS) is 23.2. The van der Waals surface area contributed by atoms with Crippen molar-refractivity contribution < 1.29 is 8.42 Å². The Bertz CT molecular complexity index is 336. The van der Waals surface area contributed by atoms with Gasteiger partial charge in [0, 0.05) is 45.3 Å². The van der Waals surface area contributed by atoms with Gasteiger partial charge in [-0.1, -0.05) is 0 Å². The molecular weight excluding hydrogens is 240 g/mol. The zero-order valence-corrected chi connectivity index (χ0v) is 11.2. The molecule has 1 saturated carbocycles. The van der Waals surface area contributed by atoms with Gasteiger partial charge in [0.05, 0.1) is 0 Å². The van der Waals surface area contributed by atoms with Crippen molar-refractivity contribution in [3.05, 3.63) is 0 Å². The summed E-state index contributed by atoms with van der Waals surface area (Å²) < 4.78 is 28.0. The topological polar surface area (TPSA) is 64.7 Å². The number of likely N-dealkylation sites (N-methyl/N-ethyl adjacent to an activating group) is 1. The first-order chi connectivity index (χ1) is 8.09. The fourth-order valence-electron chi connectivity index (χ4n) is 2.02. The van der Waals surface area contributed by atoms with E-state index in [1.807, 2.05) is 0 Å². The SMILES string of the molecule is CN(CCNS(=O)(=O)N1CCNCC1)C1CC1. The lowest BCUT2D eigenvalue weighted by atomic mass is 10.4. The van der Waals surface area contributed by atoms with Gasteiger partial charge in [-0.3, -0.25) is 0 Å². The van der Waals surface area contributed by atoms with Gasteiger partial charge in [0.1, 0.15) is 0 Å². The average Bonchev–Trinajstić information content (AvgIpc) is 3.14. The van der Waals surface area contributed by atoms with Crippen LogP contribution in [0.1, 0.15) is 12.8 Å². The fourth-order valence-corrected chi connectivity index (χ4v) is 3.22. The zero-order chi connectivity index (χ0) is 12.3.